The SMILES string of the molecule is CC(C)(C)c1ccc2c(c1)C1(c3ccccc3-2)c2cc(N(c3ccc4c(c3)C(C)(C)c3ccccc3-4)c3ccccc3-c3ccccc3)ccc2-c2ccc(C(C)(C)C)cc21. The molecule has 0 radical (unpaired) electrons. The molecule has 0 N–H and O–H groups in total. The van der Waals surface area contributed by atoms with Crippen LogP contribution >= 0.6 is 0 Å². The van der Waals surface area contributed by atoms with Crippen molar-refractivity contribution in [2.45, 2.75) is 77.0 Å². The molecular weight excluding hydrogens is 735 g/mol. The first kappa shape index (κ1) is 37.6. The fourth-order valence-electron chi connectivity index (χ4n) is 11.0. The third-order valence-electron chi connectivity index (χ3n) is 14.2. The quantitative estimate of drug-likeness (QED) is 0.172. The highest BCUT2D eigenvalue weighted by Gasteiger charge is 2.52. The van der Waals surface area contributed by atoms with Gasteiger partial charge >= 0.3 is 0 Å². The lowest BCUT2D eigenvalue weighted by Gasteiger charge is -2.34. The number of benzene rings is 8. The lowest BCUT2D eigenvalue weighted by molar-refractivity contribution is 0.586. The molecule has 0 amide bonds. The third-order valence-corrected chi connectivity index (χ3v) is 14.2. The fraction of sp³-hybridized carbons (Fsp3) is 0.200. The molecule has 1 nitrogen and oxygen atoms in total. The van der Waals surface area contributed by atoms with Gasteiger partial charge in [-0.15, -0.1) is 0 Å². The Bertz CT molecular complexity index is 3050. The van der Waals surface area contributed by atoms with Crippen LogP contribution in [0, 0.1) is 0 Å². The van der Waals surface area contributed by atoms with E-state index in [0.29, 0.717) is 0 Å². The van der Waals surface area contributed by atoms with E-state index in [9.17, 15) is 0 Å². The van der Waals surface area contributed by atoms with E-state index in [1.807, 2.05) is 0 Å². The minimum absolute atomic E-state index is 0.0106. The molecule has 3 aliphatic carbocycles. The van der Waals surface area contributed by atoms with Crippen molar-refractivity contribution in [3.05, 3.63) is 220 Å². The van der Waals surface area contributed by atoms with Gasteiger partial charge in [-0.05, 0) is 125 Å². The monoisotopic (exact) mass is 787 g/mol. The molecule has 1 atom stereocenters. The summed E-state index contributed by atoms with van der Waals surface area (Å²) in [6.07, 6.45) is 0. The summed E-state index contributed by atoms with van der Waals surface area (Å²) >= 11 is 0. The van der Waals surface area contributed by atoms with Crippen LogP contribution in [0.5, 0.6) is 0 Å². The topological polar surface area (TPSA) is 3.24 Å². The molecule has 0 fully saturated rings. The van der Waals surface area contributed by atoms with E-state index in [2.05, 4.69) is 236 Å². The lowest BCUT2D eigenvalue weighted by Crippen LogP contribution is -2.27. The highest BCUT2D eigenvalue weighted by Crippen LogP contribution is 2.64. The Morgan fingerprint density at radius 1 is 0.344 bits per heavy atom. The maximum atomic E-state index is 2.55. The van der Waals surface area contributed by atoms with Crippen LogP contribution in [0.2, 0.25) is 0 Å². The average molecular weight is 788 g/mol. The Morgan fingerprint density at radius 2 is 0.754 bits per heavy atom. The predicted octanol–water partition coefficient (Wildman–Crippen LogP) is 16.1. The van der Waals surface area contributed by atoms with Crippen LogP contribution in [0.1, 0.15) is 99.9 Å². The van der Waals surface area contributed by atoms with Gasteiger partial charge in [0, 0.05) is 22.4 Å². The molecule has 0 heterocycles. The predicted molar refractivity (Wildman–Crippen MR) is 258 cm³/mol. The Hall–Kier alpha value is -6.44. The molecular formula is C60H53N. The second-order valence-electron chi connectivity index (χ2n) is 20.2. The van der Waals surface area contributed by atoms with Crippen molar-refractivity contribution in [3.63, 3.8) is 0 Å². The van der Waals surface area contributed by atoms with Crippen molar-refractivity contribution < 1.29 is 0 Å². The fourth-order valence-corrected chi connectivity index (χ4v) is 11.0. The third kappa shape index (κ3) is 5.39. The molecule has 0 saturated heterocycles. The molecule has 1 spiro atoms. The Morgan fingerprint density at radius 3 is 1.33 bits per heavy atom. The molecule has 61 heavy (non-hydrogen) atoms. The summed E-state index contributed by atoms with van der Waals surface area (Å²) in [5, 5.41) is 0. The Balaban J connectivity index is 1.22. The first-order chi connectivity index (χ1) is 29.3. The number of rotatable bonds is 4. The molecule has 1 unspecified atom stereocenters. The van der Waals surface area contributed by atoms with Gasteiger partial charge in [0.25, 0.3) is 0 Å². The van der Waals surface area contributed by atoms with Crippen molar-refractivity contribution in [1.82, 2.24) is 0 Å². The number of nitrogens with zero attached hydrogens (tertiary/aromatic N) is 1. The first-order valence-electron chi connectivity index (χ1n) is 22.0. The smallest absolute Gasteiger partial charge is 0.0726 e. The van der Waals surface area contributed by atoms with E-state index < -0.39 is 5.41 Å². The Kier molecular flexibility index (Phi) is 8.02. The van der Waals surface area contributed by atoms with Crippen molar-refractivity contribution in [1.29, 1.82) is 0 Å². The second kappa shape index (κ2) is 13.0. The molecule has 0 bridgehead atoms. The van der Waals surface area contributed by atoms with E-state index in [-0.39, 0.29) is 16.2 Å². The van der Waals surface area contributed by atoms with Gasteiger partial charge in [0.2, 0.25) is 0 Å². The molecule has 8 aromatic carbocycles. The molecule has 0 saturated carbocycles. The summed E-state index contributed by atoms with van der Waals surface area (Å²) < 4.78 is 0. The highest BCUT2D eigenvalue weighted by atomic mass is 15.1. The number of hydrogen-bond donors (Lipinski definition) is 0. The second-order valence-corrected chi connectivity index (χ2v) is 20.2. The van der Waals surface area contributed by atoms with Crippen LogP contribution in [0.25, 0.3) is 44.5 Å². The summed E-state index contributed by atoms with van der Waals surface area (Å²) in [4.78, 5) is 2.53. The van der Waals surface area contributed by atoms with Crippen LogP contribution in [-0.4, -0.2) is 0 Å². The van der Waals surface area contributed by atoms with Gasteiger partial charge in [-0.3, -0.25) is 0 Å². The van der Waals surface area contributed by atoms with Crippen molar-refractivity contribution >= 4 is 17.1 Å². The van der Waals surface area contributed by atoms with Crippen LogP contribution in [0.3, 0.4) is 0 Å². The molecule has 0 aliphatic heterocycles. The van der Waals surface area contributed by atoms with Gasteiger partial charge in [-0.25, -0.2) is 0 Å². The summed E-state index contributed by atoms with van der Waals surface area (Å²) in [5.41, 5.74) is 24.1. The van der Waals surface area contributed by atoms with E-state index in [1.54, 1.807) is 0 Å². The van der Waals surface area contributed by atoms with Crippen molar-refractivity contribution in [3.8, 4) is 44.5 Å². The molecule has 3 aliphatic rings. The maximum Gasteiger partial charge on any atom is 0.0726 e. The molecule has 0 aromatic heterocycles. The van der Waals surface area contributed by atoms with E-state index in [4.69, 9.17) is 0 Å². The van der Waals surface area contributed by atoms with E-state index in [0.717, 1.165) is 17.1 Å². The lowest BCUT2D eigenvalue weighted by atomic mass is 9.68. The summed E-state index contributed by atoms with van der Waals surface area (Å²) in [6.45, 7) is 18.8. The van der Waals surface area contributed by atoms with Gasteiger partial charge in [-0.1, -0.05) is 201 Å². The van der Waals surface area contributed by atoms with Gasteiger partial charge < -0.3 is 4.90 Å². The summed E-state index contributed by atoms with van der Waals surface area (Å²) in [6, 6.07) is 67.2. The number of fused-ring (bicyclic) bond motifs is 13. The zero-order valence-corrected chi connectivity index (χ0v) is 36.7. The van der Waals surface area contributed by atoms with Crippen LogP contribution < -0.4 is 4.90 Å². The molecule has 8 aromatic rings. The molecule has 298 valence electrons. The Labute approximate surface area is 362 Å². The van der Waals surface area contributed by atoms with Crippen LogP contribution in [0.4, 0.5) is 17.1 Å². The zero-order chi connectivity index (χ0) is 42.1. The van der Waals surface area contributed by atoms with E-state index >= 15 is 0 Å². The molecule has 1 heteroatoms. The highest BCUT2D eigenvalue weighted by molar-refractivity contribution is 5.98. The largest absolute Gasteiger partial charge is 0.310 e. The van der Waals surface area contributed by atoms with Gasteiger partial charge in [0.1, 0.15) is 0 Å². The first-order valence-corrected chi connectivity index (χ1v) is 22.0. The van der Waals surface area contributed by atoms with Gasteiger partial charge in [0.15, 0.2) is 0 Å². The van der Waals surface area contributed by atoms with Gasteiger partial charge in [0.05, 0.1) is 11.1 Å². The minimum atomic E-state index is -0.499. The standard InChI is InChI=1S/C60H53N/c1-57(2,3)39-26-30-47-45-22-13-16-24-51(45)60(53(47)34-39)54-35-40(58(4,5)6)27-31-48(54)49-33-29-42(37-55(49)60)61(56-25-17-14-20-43(56)38-18-10-9-11-19-38)41-28-32-46-44-21-12-15-23-50(44)59(7,8)52(46)36-41/h9-37H,1-8H3. The average Bonchev–Trinajstić information content (AvgIpc) is 3.81. The maximum absolute atomic E-state index is 2.55. The van der Waals surface area contributed by atoms with Crippen molar-refractivity contribution in [2.75, 3.05) is 4.90 Å². The summed E-state index contributed by atoms with van der Waals surface area (Å²) in [7, 11) is 0. The van der Waals surface area contributed by atoms with Gasteiger partial charge in [-0.2, -0.15) is 0 Å². The van der Waals surface area contributed by atoms with Crippen LogP contribution in [0.15, 0.2) is 176 Å². The zero-order valence-electron chi connectivity index (χ0n) is 36.7. The number of anilines is 3. The van der Waals surface area contributed by atoms with Crippen molar-refractivity contribution in [2.24, 2.45) is 0 Å². The number of hydrogen-bond acceptors (Lipinski definition) is 1. The normalized spacial score (nSPS) is 16.4. The summed E-state index contributed by atoms with van der Waals surface area (Å²) in [5.74, 6) is 0. The number of para-hydroxylation sites is 1. The molecule has 11 rings (SSSR count). The minimum Gasteiger partial charge on any atom is -0.310 e. The van der Waals surface area contributed by atoms with E-state index in [1.165, 1.54) is 89.0 Å². The van der Waals surface area contributed by atoms with Crippen LogP contribution in [-0.2, 0) is 21.7 Å².